The van der Waals surface area contributed by atoms with Gasteiger partial charge >= 0.3 is 0 Å². The first kappa shape index (κ1) is 13.1. The molecule has 2 aromatic rings. The highest BCUT2D eigenvalue weighted by molar-refractivity contribution is 5.43. The molecule has 2 rings (SSSR count). The van der Waals surface area contributed by atoms with Crippen LogP contribution in [0, 0.1) is 18.8 Å². The predicted octanol–water partition coefficient (Wildman–Crippen LogP) is 4.42. The monoisotopic (exact) mass is 222 g/mol. The topological polar surface area (TPSA) is 0 Å². The number of benzene rings is 2. The Hall–Kier alpha value is -2.00. The molecule has 0 heterocycles. The molecule has 0 aliphatic carbocycles. The molecule has 0 saturated carbocycles. The van der Waals surface area contributed by atoms with Crippen LogP contribution in [0.4, 0.5) is 0 Å². The molecule has 0 radical (unpaired) electrons. The van der Waals surface area contributed by atoms with Crippen molar-refractivity contribution in [3.8, 4) is 11.8 Å². The lowest BCUT2D eigenvalue weighted by atomic mass is 10.1. The normalized spacial score (nSPS) is 8.41. The van der Waals surface area contributed by atoms with Gasteiger partial charge in [0.05, 0.1) is 0 Å². The fraction of sp³-hybridized carbons (Fsp3) is 0.176. The van der Waals surface area contributed by atoms with Gasteiger partial charge < -0.3 is 0 Å². The van der Waals surface area contributed by atoms with E-state index in [0.29, 0.717) is 0 Å². The van der Waals surface area contributed by atoms with Gasteiger partial charge in [-0.05, 0) is 31.2 Å². The molecule has 0 bridgehead atoms. The lowest BCUT2D eigenvalue weighted by Crippen LogP contribution is -1.76. The van der Waals surface area contributed by atoms with Crippen molar-refractivity contribution in [3.63, 3.8) is 0 Å². The second-order valence-electron chi connectivity index (χ2n) is 3.48. The van der Waals surface area contributed by atoms with Gasteiger partial charge in [0.2, 0.25) is 0 Å². The Morgan fingerprint density at radius 2 is 1.12 bits per heavy atom. The van der Waals surface area contributed by atoms with Crippen molar-refractivity contribution in [2.24, 2.45) is 0 Å². The largest absolute Gasteiger partial charge is 0.0683 e. The quantitative estimate of drug-likeness (QED) is 0.579. The zero-order chi connectivity index (χ0) is 12.5. The highest BCUT2D eigenvalue weighted by atomic mass is 13.9. The van der Waals surface area contributed by atoms with E-state index in [-0.39, 0.29) is 0 Å². The summed E-state index contributed by atoms with van der Waals surface area (Å²) in [5, 5.41) is 0. The SMILES string of the molecule is CC.Cc1ccc(C#Cc2ccccc2)cc1. The van der Waals surface area contributed by atoms with Crippen LogP contribution < -0.4 is 0 Å². The van der Waals surface area contributed by atoms with E-state index in [0.717, 1.165) is 11.1 Å². The Morgan fingerprint density at radius 3 is 1.65 bits per heavy atom. The molecule has 0 N–H and O–H groups in total. The molecular weight excluding hydrogens is 204 g/mol. The standard InChI is InChI=1S/C15H12.C2H6/c1-13-7-9-15(10-8-13)12-11-14-5-3-2-4-6-14;1-2/h2-10H,1H3;1-2H3. The van der Waals surface area contributed by atoms with E-state index in [2.05, 4.69) is 30.9 Å². The molecule has 86 valence electrons. The van der Waals surface area contributed by atoms with E-state index in [1.165, 1.54) is 5.56 Å². The fourth-order valence-corrected chi connectivity index (χ4v) is 1.30. The van der Waals surface area contributed by atoms with Crippen molar-refractivity contribution >= 4 is 0 Å². The van der Waals surface area contributed by atoms with Crippen LogP contribution in [0.3, 0.4) is 0 Å². The maximum atomic E-state index is 3.14. The summed E-state index contributed by atoms with van der Waals surface area (Å²) in [7, 11) is 0. The van der Waals surface area contributed by atoms with Crippen LogP contribution in [0.5, 0.6) is 0 Å². The number of hydrogen-bond donors (Lipinski definition) is 0. The molecular formula is C17H18. The summed E-state index contributed by atoms with van der Waals surface area (Å²) < 4.78 is 0. The Morgan fingerprint density at radius 1 is 0.647 bits per heavy atom. The molecule has 0 unspecified atom stereocenters. The molecule has 0 aromatic heterocycles. The van der Waals surface area contributed by atoms with E-state index in [1.54, 1.807) is 0 Å². The van der Waals surface area contributed by atoms with E-state index in [4.69, 9.17) is 0 Å². The predicted molar refractivity (Wildman–Crippen MR) is 74.9 cm³/mol. The third-order valence-electron chi connectivity index (χ3n) is 2.18. The van der Waals surface area contributed by atoms with Crippen molar-refractivity contribution < 1.29 is 0 Å². The molecule has 2 aromatic carbocycles. The first-order chi connectivity index (χ1) is 8.34. The fourth-order valence-electron chi connectivity index (χ4n) is 1.30. The molecule has 0 nitrogen and oxygen atoms in total. The van der Waals surface area contributed by atoms with Gasteiger partial charge in [-0.2, -0.15) is 0 Å². The molecule has 0 fully saturated rings. The van der Waals surface area contributed by atoms with Crippen molar-refractivity contribution in [1.82, 2.24) is 0 Å². The summed E-state index contributed by atoms with van der Waals surface area (Å²) in [5.41, 5.74) is 3.38. The summed E-state index contributed by atoms with van der Waals surface area (Å²) >= 11 is 0. The van der Waals surface area contributed by atoms with Crippen molar-refractivity contribution in [2.45, 2.75) is 20.8 Å². The van der Waals surface area contributed by atoms with E-state index in [9.17, 15) is 0 Å². The number of rotatable bonds is 0. The minimum atomic E-state index is 1.05. The zero-order valence-electron chi connectivity index (χ0n) is 10.7. The third kappa shape index (κ3) is 4.57. The van der Waals surface area contributed by atoms with Crippen molar-refractivity contribution in [1.29, 1.82) is 0 Å². The van der Waals surface area contributed by atoms with Gasteiger partial charge in [0, 0.05) is 11.1 Å². The van der Waals surface area contributed by atoms with E-state index in [1.807, 2.05) is 56.3 Å². The highest BCUT2D eigenvalue weighted by Crippen LogP contribution is 2.02. The van der Waals surface area contributed by atoms with Crippen LogP contribution in [-0.4, -0.2) is 0 Å². The molecule has 17 heavy (non-hydrogen) atoms. The van der Waals surface area contributed by atoms with E-state index >= 15 is 0 Å². The Bertz CT molecular complexity index is 481. The second-order valence-corrected chi connectivity index (χ2v) is 3.48. The van der Waals surface area contributed by atoms with Crippen molar-refractivity contribution in [3.05, 3.63) is 71.3 Å². The zero-order valence-corrected chi connectivity index (χ0v) is 10.7. The van der Waals surface area contributed by atoms with Gasteiger partial charge in [0.1, 0.15) is 0 Å². The molecule has 0 atom stereocenters. The van der Waals surface area contributed by atoms with Crippen LogP contribution in [0.15, 0.2) is 54.6 Å². The van der Waals surface area contributed by atoms with Gasteiger partial charge in [-0.15, -0.1) is 0 Å². The Kier molecular flexibility index (Phi) is 5.61. The number of hydrogen-bond acceptors (Lipinski definition) is 0. The summed E-state index contributed by atoms with van der Waals surface area (Å²) in [4.78, 5) is 0. The van der Waals surface area contributed by atoms with Crippen LogP contribution in [0.1, 0.15) is 30.5 Å². The Balaban J connectivity index is 0.000000686. The van der Waals surface area contributed by atoms with Crippen molar-refractivity contribution in [2.75, 3.05) is 0 Å². The molecule has 0 aliphatic heterocycles. The van der Waals surface area contributed by atoms with Gasteiger partial charge in [0.25, 0.3) is 0 Å². The lowest BCUT2D eigenvalue weighted by Gasteiger charge is -1.91. The average Bonchev–Trinajstić information content (AvgIpc) is 2.42. The molecule has 0 aliphatic rings. The molecule has 0 spiro atoms. The van der Waals surface area contributed by atoms with Gasteiger partial charge in [-0.1, -0.05) is 61.6 Å². The van der Waals surface area contributed by atoms with Crippen LogP contribution in [-0.2, 0) is 0 Å². The van der Waals surface area contributed by atoms with Crippen LogP contribution in [0.25, 0.3) is 0 Å². The average molecular weight is 222 g/mol. The maximum absolute atomic E-state index is 3.14. The van der Waals surface area contributed by atoms with Gasteiger partial charge in [-0.25, -0.2) is 0 Å². The van der Waals surface area contributed by atoms with E-state index < -0.39 is 0 Å². The van der Waals surface area contributed by atoms with Crippen LogP contribution >= 0.6 is 0 Å². The molecule has 0 saturated heterocycles. The molecule has 0 amide bonds. The molecule has 0 heteroatoms. The minimum absolute atomic E-state index is 1.05. The lowest BCUT2D eigenvalue weighted by molar-refractivity contribution is 1.46. The smallest absolute Gasteiger partial charge is 0.0249 e. The van der Waals surface area contributed by atoms with Gasteiger partial charge in [-0.3, -0.25) is 0 Å². The Labute approximate surface area is 104 Å². The summed E-state index contributed by atoms with van der Waals surface area (Å²) in [6, 6.07) is 18.3. The summed E-state index contributed by atoms with van der Waals surface area (Å²) in [6.07, 6.45) is 0. The first-order valence-electron chi connectivity index (χ1n) is 5.98. The van der Waals surface area contributed by atoms with Gasteiger partial charge in [0.15, 0.2) is 0 Å². The summed E-state index contributed by atoms with van der Waals surface area (Å²) in [6.45, 7) is 6.08. The summed E-state index contributed by atoms with van der Waals surface area (Å²) in [5.74, 6) is 6.27. The number of aryl methyl sites for hydroxylation is 1. The maximum Gasteiger partial charge on any atom is 0.0249 e. The van der Waals surface area contributed by atoms with Crippen LogP contribution in [0.2, 0.25) is 0 Å². The highest BCUT2D eigenvalue weighted by Gasteiger charge is 1.86. The third-order valence-corrected chi connectivity index (χ3v) is 2.18. The minimum Gasteiger partial charge on any atom is -0.0683 e. The second kappa shape index (κ2) is 7.30. The first-order valence-corrected chi connectivity index (χ1v) is 5.98.